The van der Waals surface area contributed by atoms with Crippen molar-refractivity contribution in [3.05, 3.63) is 89.9 Å². The molecule has 0 aliphatic heterocycles. The van der Waals surface area contributed by atoms with Crippen molar-refractivity contribution in [2.75, 3.05) is 17.1 Å². The molecule has 0 radical (unpaired) electrons. The summed E-state index contributed by atoms with van der Waals surface area (Å²) in [4.78, 5) is 16.6. The van der Waals surface area contributed by atoms with Gasteiger partial charge in [-0.25, -0.2) is 13.4 Å². The number of aryl methyl sites for hydroxylation is 2. The number of anilines is 2. The Labute approximate surface area is 197 Å². The van der Waals surface area contributed by atoms with Crippen molar-refractivity contribution in [1.82, 2.24) is 4.98 Å². The van der Waals surface area contributed by atoms with Gasteiger partial charge in [0.1, 0.15) is 10.6 Å². The third-order valence-electron chi connectivity index (χ3n) is 5.19. The van der Waals surface area contributed by atoms with Gasteiger partial charge in [0.15, 0.2) is 5.76 Å². The molecule has 0 saturated carbocycles. The van der Waals surface area contributed by atoms with Gasteiger partial charge >= 0.3 is 5.91 Å². The number of methoxy groups -OCH3 is 1. The quantitative estimate of drug-likeness (QED) is 0.387. The monoisotopic (exact) mass is 477 g/mol. The Bertz CT molecular complexity index is 1430. The first-order valence-electron chi connectivity index (χ1n) is 10.4. The Morgan fingerprint density at radius 3 is 2.35 bits per heavy atom. The van der Waals surface area contributed by atoms with Crippen LogP contribution in [-0.2, 0) is 10.0 Å². The fourth-order valence-corrected chi connectivity index (χ4v) is 4.83. The molecule has 0 aliphatic carbocycles. The second kappa shape index (κ2) is 9.40. The number of hydrogen-bond acceptors (Lipinski definition) is 6. The van der Waals surface area contributed by atoms with E-state index in [-0.39, 0.29) is 22.2 Å². The first-order chi connectivity index (χ1) is 16.3. The maximum atomic E-state index is 13.2. The number of hydrogen-bond donors (Lipinski definition) is 2. The highest BCUT2D eigenvalue weighted by Gasteiger charge is 2.23. The zero-order chi connectivity index (χ0) is 24.3. The predicted molar refractivity (Wildman–Crippen MR) is 130 cm³/mol. The highest BCUT2D eigenvalue weighted by atomic mass is 32.2. The van der Waals surface area contributed by atoms with E-state index in [1.54, 1.807) is 0 Å². The van der Waals surface area contributed by atoms with Gasteiger partial charge in [0.05, 0.1) is 19.0 Å². The number of benzene rings is 3. The van der Waals surface area contributed by atoms with Crippen LogP contribution in [0.2, 0.25) is 0 Å². The van der Waals surface area contributed by atoms with Crippen LogP contribution in [0.5, 0.6) is 5.75 Å². The molecule has 0 bridgehead atoms. The number of carbonyl (C=O) groups excluding carboxylic acids is 1. The van der Waals surface area contributed by atoms with Gasteiger partial charge in [0.25, 0.3) is 15.9 Å². The van der Waals surface area contributed by atoms with Gasteiger partial charge < -0.3 is 14.5 Å². The molecular formula is C25H23N3O5S. The van der Waals surface area contributed by atoms with E-state index in [1.807, 2.05) is 62.4 Å². The number of ether oxygens (including phenoxy) is 1. The summed E-state index contributed by atoms with van der Waals surface area (Å²) in [6.45, 7) is 3.64. The number of rotatable bonds is 7. The van der Waals surface area contributed by atoms with Crippen molar-refractivity contribution in [3.8, 4) is 17.1 Å². The number of nitrogens with zero attached hydrogens (tertiary/aromatic N) is 1. The number of sulfonamides is 1. The van der Waals surface area contributed by atoms with Crippen molar-refractivity contribution < 1.29 is 22.4 Å². The molecule has 8 nitrogen and oxygen atoms in total. The van der Waals surface area contributed by atoms with Crippen LogP contribution in [0.1, 0.15) is 21.8 Å². The average Bonchev–Trinajstić information content (AvgIpc) is 3.33. The van der Waals surface area contributed by atoms with Crippen LogP contribution in [0.25, 0.3) is 11.3 Å². The van der Waals surface area contributed by atoms with E-state index >= 15 is 0 Å². The number of carbonyl (C=O) groups is 1. The molecular weight excluding hydrogens is 454 g/mol. The summed E-state index contributed by atoms with van der Waals surface area (Å²) in [5, 5.41) is 2.63. The summed E-state index contributed by atoms with van der Waals surface area (Å²) < 4.78 is 39.9. The Kier molecular flexibility index (Phi) is 6.38. The normalized spacial score (nSPS) is 11.1. The lowest BCUT2D eigenvalue weighted by atomic mass is 10.1. The third kappa shape index (κ3) is 4.79. The summed E-state index contributed by atoms with van der Waals surface area (Å²) in [5.74, 6) is -0.174. The van der Waals surface area contributed by atoms with Gasteiger partial charge in [-0.2, -0.15) is 0 Å². The molecule has 0 fully saturated rings. The molecule has 1 heterocycles. The van der Waals surface area contributed by atoms with Gasteiger partial charge in [-0.15, -0.1) is 0 Å². The molecule has 0 spiro atoms. The lowest BCUT2D eigenvalue weighted by Crippen LogP contribution is -2.17. The summed E-state index contributed by atoms with van der Waals surface area (Å²) in [5.41, 5.74) is 3.08. The van der Waals surface area contributed by atoms with Crippen LogP contribution in [0, 0.1) is 13.8 Å². The number of nitrogens with one attached hydrogen (secondary N) is 2. The highest BCUT2D eigenvalue weighted by Crippen LogP contribution is 2.31. The fraction of sp³-hybridized carbons (Fsp3) is 0.120. The Morgan fingerprint density at radius 1 is 0.971 bits per heavy atom. The standard InChI is InChI=1S/C25H23N3O5S/c1-16-8-7-9-17(2)23(16)28-34(30,31)22-14-19(12-13-20(22)32-3)27-24(29)25-26-15-21(33-25)18-10-5-4-6-11-18/h4-15,28H,1-3H3,(H,27,29). The van der Waals surface area contributed by atoms with Gasteiger partial charge in [-0.05, 0) is 43.2 Å². The molecule has 34 heavy (non-hydrogen) atoms. The van der Waals surface area contributed by atoms with Crippen molar-refractivity contribution in [2.45, 2.75) is 18.7 Å². The van der Waals surface area contributed by atoms with Crippen LogP contribution in [0.15, 0.2) is 82.2 Å². The van der Waals surface area contributed by atoms with Crippen molar-refractivity contribution in [1.29, 1.82) is 0 Å². The summed E-state index contributed by atoms with van der Waals surface area (Å²) >= 11 is 0. The van der Waals surface area contributed by atoms with E-state index in [2.05, 4.69) is 15.0 Å². The molecule has 0 aliphatic rings. The van der Waals surface area contributed by atoms with E-state index in [0.29, 0.717) is 11.4 Å². The molecule has 4 rings (SSSR count). The zero-order valence-electron chi connectivity index (χ0n) is 18.8. The lowest BCUT2D eigenvalue weighted by Gasteiger charge is -2.16. The Balaban J connectivity index is 1.60. The smallest absolute Gasteiger partial charge is 0.311 e. The molecule has 1 aromatic heterocycles. The maximum Gasteiger partial charge on any atom is 0.311 e. The van der Waals surface area contributed by atoms with E-state index in [4.69, 9.17) is 9.15 Å². The topological polar surface area (TPSA) is 111 Å². The van der Waals surface area contributed by atoms with E-state index < -0.39 is 15.9 Å². The molecule has 0 unspecified atom stereocenters. The largest absolute Gasteiger partial charge is 0.495 e. The van der Waals surface area contributed by atoms with Crippen LogP contribution in [0.3, 0.4) is 0 Å². The molecule has 1 amide bonds. The molecule has 9 heteroatoms. The van der Waals surface area contributed by atoms with Crippen molar-refractivity contribution in [2.24, 2.45) is 0 Å². The molecule has 0 saturated heterocycles. The first-order valence-corrected chi connectivity index (χ1v) is 11.9. The zero-order valence-corrected chi connectivity index (χ0v) is 19.6. The van der Waals surface area contributed by atoms with Gasteiger partial charge in [0.2, 0.25) is 0 Å². The van der Waals surface area contributed by atoms with Crippen molar-refractivity contribution >= 4 is 27.3 Å². The molecule has 2 N–H and O–H groups in total. The van der Waals surface area contributed by atoms with Crippen LogP contribution < -0.4 is 14.8 Å². The SMILES string of the molecule is COc1ccc(NC(=O)c2ncc(-c3ccccc3)o2)cc1S(=O)(=O)Nc1c(C)cccc1C. The van der Waals surface area contributed by atoms with E-state index in [1.165, 1.54) is 31.5 Å². The lowest BCUT2D eigenvalue weighted by molar-refractivity contribution is 0.0991. The Morgan fingerprint density at radius 2 is 1.68 bits per heavy atom. The van der Waals surface area contributed by atoms with E-state index in [9.17, 15) is 13.2 Å². The number of amides is 1. The van der Waals surface area contributed by atoms with Gasteiger partial charge in [-0.3, -0.25) is 9.52 Å². The summed E-state index contributed by atoms with van der Waals surface area (Å²) in [6.07, 6.45) is 1.46. The maximum absolute atomic E-state index is 13.2. The van der Waals surface area contributed by atoms with Gasteiger partial charge in [0, 0.05) is 11.3 Å². The second-order valence-corrected chi connectivity index (χ2v) is 9.24. The van der Waals surface area contributed by atoms with Crippen LogP contribution in [-0.4, -0.2) is 26.4 Å². The highest BCUT2D eigenvalue weighted by molar-refractivity contribution is 7.92. The predicted octanol–water partition coefficient (Wildman–Crippen LogP) is 5.02. The summed E-state index contributed by atoms with van der Waals surface area (Å²) in [6, 6.07) is 19.1. The number of para-hydroxylation sites is 1. The first kappa shape index (κ1) is 23.1. The fourth-order valence-electron chi connectivity index (χ4n) is 3.43. The average molecular weight is 478 g/mol. The second-order valence-electron chi connectivity index (χ2n) is 7.59. The molecule has 3 aromatic carbocycles. The third-order valence-corrected chi connectivity index (χ3v) is 6.56. The number of oxazole rings is 1. The van der Waals surface area contributed by atoms with Gasteiger partial charge in [-0.1, -0.05) is 48.5 Å². The molecule has 4 aromatic rings. The van der Waals surface area contributed by atoms with E-state index in [0.717, 1.165) is 16.7 Å². The Hall–Kier alpha value is -4.11. The minimum absolute atomic E-state index is 0.118. The minimum Gasteiger partial charge on any atom is -0.495 e. The minimum atomic E-state index is -4.02. The van der Waals surface area contributed by atoms with Crippen molar-refractivity contribution in [3.63, 3.8) is 0 Å². The molecule has 174 valence electrons. The van der Waals surface area contributed by atoms with Crippen LogP contribution >= 0.6 is 0 Å². The molecule has 0 atom stereocenters. The number of aromatic nitrogens is 1. The summed E-state index contributed by atoms with van der Waals surface area (Å²) in [7, 11) is -2.64. The van der Waals surface area contributed by atoms with Crippen LogP contribution in [0.4, 0.5) is 11.4 Å².